The zero-order valence-electron chi connectivity index (χ0n) is 8.25. The van der Waals surface area contributed by atoms with Crippen molar-refractivity contribution in [2.45, 2.75) is 25.3 Å². The SMILES string of the molecule is C=CCCCC(N)c1cccc(F)c1. The van der Waals surface area contributed by atoms with E-state index in [0.29, 0.717) is 0 Å². The van der Waals surface area contributed by atoms with Gasteiger partial charge in [0.25, 0.3) is 0 Å². The molecule has 0 spiro atoms. The first kappa shape index (κ1) is 10.9. The van der Waals surface area contributed by atoms with Gasteiger partial charge in [0.1, 0.15) is 5.82 Å². The lowest BCUT2D eigenvalue weighted by molar-refractivity contribution is 0.596. The van der Waals surface area contributed by atoms with Gasteiger partial charge in [-0.05, 0) is 37.0 Å². The molecule has 0 saturated heterocycles. The quantitative estimate of drug-likeness (QED) is 0.564. The van der Waals surface area contributed by atoms with Crippen molar-refractivity contribution in [1.29, 1.82) is 0 Å². The van der Waals surface area contributed by atoms with E-state index in [-0.39, 0.29) is 11.9 Å². The fraction of sp³-hybridized carbons (Fsp3) is 0.333. The van der Waals surface area contributed by atoms with Gasteiger partial charge in [0.05, 0.1) is 0 Å². The van der Waals surface area contributed by atoms with E-state index in [2.05, 4.69) is 6.58 Å². The molecule has 1 unspecified atom stereocenters. The monoisotopic (exact) mass is 193 g/mol. The van der Waals surface area contributed by atoms with Crippen LogP contribution in [-0.4, -0.2) is 0 Å². The number of allylic oxidation sites excluding steroid dienone is 1. The van der Waals surface area contributed by atoms with Crippen molar-refractivity contribution in [3.05, 3.63) is 48.3 Å². The van der Waals surface area contributed by atoms with E-state index in [9.17, 15) is 4.39 Å². The predicted molar refractivity (Wildman–Crippen MR) is 57.4 cm³/mol. The molecule has 0 radical (unpaired) electrons. The smallest absolute Gasteiger partial charge is 0.123 e. The summed E-state index contributed by atoms with van der Waals surface area (Å²) in [5, 5.41) is 0. The molecule has 0 fully saturated rings. The van der Waals surface area contributed by atoms with Gasteiger partial charge < -0.3 is 5.73 Å². The standard InChI is InChI=1S/C12H16FN/c1-2-3-4-8-12(14)10-6-5-7-11(13)9-10/h2,5-7,9,12H,1,3-4,8,14H2. The number of rotatable bonds is 5. The highest BCUT2D eigenvalue weighted by Gasteiger charge is 2.05. The summed E-state index contributed by atoms with van der Waals surface area (Å²) in [6.45, 7) is 3.64. The first-order valence-electron chi connectivity index (χ1n) is 4.86. The molecule has 1 aromatic carbocycles. The number of hydrogen-bond acceptors (Lipinski definition) is 1. The molecule has 1 rings (SSSR count). The van der Waals surface area contributed by atoms with Crippen molar-refractivity contribution in [2.24, 2.45) is 5.73 Å². The van der Waals surface area contributed by atoms with Crippen LogP contribution in [0.1, 0.15) is 30.9 Å². The van der Waals surface area contributed by atoms with Crippen molar-refractivity contribution in [1.82, 2.24) is 0 Å². The summed E-state index contributed by atoms with van der Waals surface area (Å²) in [5.74, 6) is -0.221. The minimum absolute atomic E-state index is 0.0642. The Labute approximate surface area is 84.4 Å². The Hall–Kier alpha value is -1.15. The number of hydrogen-bond donors (Lipinski definition) is 1. The summed E-state index contributed by atoms with van der Waals surface area (Å²) < 4.78 is 12.8. The maximum atomic E-state index is 12.8. The van der Waals surface area contributed by atoms with Crippen LogP contribution in [0.15, 0.2) is 36.9 Å². The van der Waals surface area contributed by atoms with Gasteiger partial charge in [-0.15, -0.1) is 6.58 Å². The average Bonchev–Trinajstić information content (AvgIpc) is 2.18. The Morgan fingerprint density at radius 3 is 2.93 bits per heavy atom. The molecule has 0 aliphatic rings. The second-order valence-corrected chi connectivity index (χ2v) is 3.38. The van der Waals surface area contributed by atoms with Crippen LogP contribution in [0.25, 0.3) is 0 Å². The van der Waals surface area contributed by atoms with Crippen LogP contribution in [0.5, 0.6) is 0 Å². The second kappa shape index (κ2) is 5.55. The van der Waals surface area contributed by atoms with E-state index in [4.69, 9.17) is 5.73 Å². The minimum Gasteiger partial charge on any atom is -0.324 e. The first-order chi connectivity index (χ1) is 6.74. The van der Waals surface area contributed by atoms with Gasteiger partial charge in [-0.25, -0.2) is 4.39 Å². The van der Waals surface area contributed by atoms with Crippen molar-refractivity contribution >= 4 is 0 Å². The maximum Gasteiger partial charge on any atom is 0.123 e. The van der Waals surface area contributed by atoms with E-state index in [1.54, 1.807) is 6.07 Å². The Kier molecular flexibility index (Phi) is 4.33. The Bertz CT molecular complexity index is 296. The summed E-state index contributed by atoms with van der Waals surface area (Å²) in [5.41, 5.74) is 6.77. The minimum atomic E-state index is -0.221. The van der Waals surface area contributed by atoms with Gasteiger partial charge in [-0.3, -0.25) is 0 Å². The van der Waals surface area contributed by atoms with Gasteiger partial charge in [-0.1, -0.05) is 18.2 Å². The maximum absolute atomic E-state index is 12.8. The summed E-state index contributed by atoms with van der Waals surface area (Å²) in [7, 11) is 0. The number of unbranched alkanes of at least 4 members (excludes halogenated alkanes) is 1. The van der Waals surface area contributed by atoms with E-state index in [1.807, 2.05) is 12.1 Å². The summed E-state index contributed by atoms with van der Waals surface area (Å²) in [6.07, 6.45) is 4.71. The fourth-order valence-corrected chi connectivity index (χ4v) is 1.39. The summed E-state index contributed by atoms with van der Waals surface area (Å²) >= 11 is 0. The molecule has 0 amide bonds. The lowest BCUT2D eigenvalue weighted by Crippen LogP contribution is -2.10. The van der Waals surface area contributed by atoms with E-state index in [1.165, 1.54) is 12.1 Å². The van der Waals surface area contributed by atoms with Gasteiger partial charge in [-0.2, -0.15) is 0 Å². The van der Waals surface area contributed by atoms with E-state index < -0.39 is 0 Å². The molecular weight excluding hydrogens is 177 g/mol. The van der Waals surface area contributed by atoms with Gasteiger partial charge >= 0.3 is 0 Å². The van der Waals surface area contributed by atoms with Crippen LogP contribution in [0, 0.1) is 5.82 Å². The zero-order valence-corrected chi connectivity index (χ0v) is 8.25. The largest absolute Gasteiger partial charge is 0.324 e. The van der Waals surface area contributed by atoms with Crippen LogP contribution in [0.2, 0.25) is 0 Å². The Morgan fingerprint density at radius 2 is 2.29 bits per heavy atom. The molecule has 1 atom stereocenters. The van der Waals surface area contributed by atoms with Crippen molar-refractivity contribution in [3.63, 3.8) is 0 Å². The molecule has 0 saturated carbocycles. The third kappa shape index (κ3) is 3.30. The van der Waals surface area contributed by atoms with Crippen molar-refractivity contribution in [3.8, 4) is 0 Å². The lowest BCUT2D eigenvalue weighted by Gasteiger charge is -2.10. The number of halogens is 1. The molecule has 0 heterocycles. The average molecular weight is 193 g/mol. The molecule has 0 bridgehead atoms. The van der Waals surface area contributed by atoms with Crippen LogP contribution in [-0.2, 0) is 0 Å². The summed E-state index contributed by atoms with van der Waals surface area (Å²) in [6, 6.07) is 6.42. The molecule has 0 aliphatic heterocycles. The molecule has 2 heteroatoms. The highest BCUT2D eigenvalue weighted by molar-refractivity contribution is 5.19. The number of benzene rings is 1. The van der Waals surface area contributed by atoms with Crippen LogP contribution in [0.4, 0.5) is 4.39 Å². The van der Waals surface area contributed by atoms with Crippen molar-refractivity contribution in [2.75, 3.05) is 0 Å². The molecule has 0 aliphatic carbocycles. The lowest BCUT2D eigenvalue weighted by atomic mass is 10.0. The second-order valence-electron chi connectivity index (χ2n) is 3.38. The number of nitrogens with two attached hydrogens (primary N) is 1. The van der Waals surface area contributed by atoms with Gasteiger partial charge in [0, 0.05) is 6.04 Å². The van der Waals surface area contributed by atoms with Gasteiger partial charge in [0.15, 0.2) is 0 Å². The molecule has 0 aromatic heterocycles. The van der Waals surface area contributed by atoms with Crippen molar-refractivity contribution < 1.29 is 4.39 Å². The molecular formula is C12H16FN. The van der Waals surface area contributed by atoms with E-state index in [0.717, 1.165) is 24.8 Å². The zero-order chi connectivity index (χ0) is 10.4. The van der Waals surface area contributed by atoms with Crippen LogP contribution in [0.3, 0.4) is 0 Å². The highest BCUT2D eigenvalue weighted by Crippen LogP contribution is 2.17. The fourth-order valence-electron chi connectivity index (χ4n) is 1.39. The van der Waals surface area contributed by atoms with Gasteiger partial charge in [0.2, 0.25) is 0 Å². The molecule has 14 heavy (non-hydrogen) atoms. The third-order valence-electron chi connectivity index (χ3n) is 2.20. The van der Waals surface area contributed by atoms with Crippen LogP contribution < -0.4 is 5.73 Å². The van der Waals surface area contributed by atoms with Crippen LogP contribution >= 0.6 is 0 Å². The Morgan fingerprint density at radius 1 is 1.50 bits per heavy atom. The summed E-state index contributed by atoms with van der Waals surface area (Å²) in [4.78, 5) is 0. The first-order valence-corrected chi connectivity index (χ1v) is 4.86. The molecule has 1 nitrogen and oxygen atoms in total. The molecule has 76 valence electrons. The topological polar surface area (TPSA) is 26.0 Å². The highest BCUT2D eigenvalue weighted by atomic mass is 19.1. The predicted octanol–water partition coefficient (Wildman–Crippen LogP) is 3.18. The normalized spacial score (nSPS) is 12.4. The van der Waals surface area contributed by atoms with E-state index >= 15 is 0 Å². The molecule has 2 N–H and O–H groups in total. The third-order valence-corrected chi connectivity index (χ3v) is 2.20. The Balaban J connectivity index is 2.51. The molecule has 1 aromatic rings.